The van der Waals surface area contributed by atoms with E-state index in [2.05, 4.69) is 5.32 Å². The van der Waals surface area contributed by atoms with E-state index in [1.54, 1.807) is 5.94 Å². The summed E-state index contributed by atoms with van der Waals surface area (Å²) in [5.74, 6) is 1.81. The van der Waals surface area contributed by atoms with E-state index >= 15 is 0 Å². The molecular formula is C7H13NO3. The number of hydrogen-bond acceptors (Lipinski definition) is 3. The van der Waals surface area contributed by atoms with Crippen molar-refractivity contribution in [3.8, 4) is 0 Å². The molecule has 0 aliphatic carbocycles. The van der Waals surface area contributed by atoms with E-state index in [1.165, 1.54) is 0 Å². The van der Waals surface area contributed by atoms with Crippen LogP contribution < -0.4 is 5.32 Å². The van der Waals surface area contributed by atoms with Crippen LogP contribution in [0.1, 0.15) is 12.8 Å². The molecule has 4 nitrogen and oxygen atoms in total. The van der Waals surface area contributed by atoms with E-state index in [0.29, 0.717) is 5.70 Å². The zero-order chi connectivity index (χ0) is 7.40. The second-order valence-electron chi connectivity index (χ2n) is 2.46. The molecular weight excluding hydrogens is 146 g/mol. The van der Waals surface area contributed by atoms with E-state index in [9.17, 15) is 4.79 Å². The number of piperidine rings is 1. The Bertz CT molecular complexity index is 163. The number of nitrogens with one attached hydrogen (secondary N) is 1. The molecule has 1 atom stereocenters. The Labute approximate surface area is 65.2 Å². The van der Waals surface area contributed by atoms with Crippen LogP contribution >= 0.6 is 0 Å². The summed E-state index contributed by atoms with van der Waals surface area (Å²) in [6, 6.07) is 0. The van der Waals surface area contributed by atoms with Crippen LogP contribution in [0.15, 0.2) is 5.70 Å². The first kappa shape index (κ1) is 10.2. The third-order valence-corrected chi connectivity index (χ3v) is 1.78. The van der Waals surface area contributed by atoms with Crippen molar-refractivity contribution in [2.75, 3.05) is 13.2 Å². The van der Waals surface area contributed by atoms with Crippen molar-refractivity contribution in [1.29, 1.82) is 0 Å². The van der Waals surface area contributed by atoms with Crippen molar-refractivity contribution in [2.24, 2.45) is 5.92 Å². The van der Waals surface area contributed by atoms with Crippen LogP contribution in [-0.4, -0.2) is 29.7 Å². The maximum absolute atomic E-state index is 10.2. The van der Waals surface area contributed by atoms with Gasteiger partial charge in [-0.15, -0.1) is 0 Å². The quantitative estimate of drug-likeness (QED) is 0.475. The number of carbonyl (C=O) groups excluding carboxylic acids is 1. The van der Waals surface area contributed by atoms with Crippen LogP contribution in [0, 0.1) is 5.92 Å². The van der Waals surface area contributed by atoms with Gasteiger partial charge in [0.1, 0.15) is 11.6 Å². The first-order chi connectivity index (χ1) is 4.88. The lowest BCUT2D eigenvalue weighted by Crippen LogP contribution is -2.29. The molecule has 1 aliphatic rings. The van der Waals surface area contributed by atoms with Crippen LogP contribution in [-0.2, 0) is 4.79 Å². The van der Waals surface area contributed by atoms with Crippen LogP contribution in [0.2, 0.25) is 0 Å². The molecule has 64 valence electrons. The van der Waals surface area contributed by atoms with Gasteiger partial charge in [0.2, 0.25) is 0 Å². The minimum absolute atomic E-state index is 0. The number of rotatable bonds is 1. The fraction of sp³-hybridized carbons (Fsp3) is 0.714. The zero-order valence-electron chi connectivity index (χ0n) is 6.26. The highest BCUT2D eigenvalue weighted by molar-refractivity contribution is 5.52. The van der Waals surface area contributed by atoms with E-state index in [0.717, 1.165) is 19.4 Å². The normalized spacial score (nSPS) is 23.0. The summed E-state index contributed by atoms with van der Waals surface area (Å²) in [4.78, 5) is 10.2. The summed E-state index contributed by atoms with van der Waals surface area (Å²) >= 11 is 0. The van der Waals surface area contributed by atoms with Crippen LogP contribution in [0.5, 0.6) is 0 Å². The molecule has 0 aromatic rings. The largest absolute Gasteiger partial charge is 0.412 e. The molecule has 4 heteroatoms. The second-order valence-corrected chi connectivity index (χ2v) is 2.46. The average Bonchev–Trinajstić information content (AvgIpc) is 2.04. The van der Waals surface area contributed by atoms with Gasteiger partial charge < -0.3 is 15.9 Å². The minimum atomic E-state index is 0. The smallest absolute Gasteiger partial charge is 0.145 e. The maximum Gasteiger partial charge on any atom is 0.145 e. The van der Waals surface area contributed by atoms with Gasteiger partial charge in [0, 0.05) is 12.5 Å². The molecule has 1 aliphatic heterocycles. The van der Waals surface area contributed by atoms with Crippen molar-refractivity contribution in [1.82, 2.24) is 5.32 Å². The summed E-state index contributed by atoms with van der Waals surface area (Å²) in [5.41, 5.74) is 0.536. The SMILES string of the molecule is O.O=C=C1NCCCC1CO. The summed E-state index contributed by atoms with van der Waals surface area (Å²) < 4.78 is 0. The molecule has 0 aromatic carbocycles. The van der Waals surface area contributed by atoms with Gasteiger partial charge in [-0.25, -0.2) is 4.79 Å². The topological polar surface area (TPSA) is 80.8 Å². The van der Waals surface area contributed by atoms with E-state index in [-0.39, 0.29) is 18.0 Å². The molecule has 0 saturated carbocycles. The Hall–Kier alpha value is -0.830. The molecule has 0 aromatic heterocycles. The van der Waals surface area contributed by atoms with Gasteiger partial charge >= 0.3 is 0 Å². The Kier molecular flexibility index (Phi) is 4.54. The number of aliphatic hydroxyl groups is 1. The van der Waals surface area contributed by atoms with Crippen molar-refractivity contribution < 1.29 is 15.4 Å². The summed E-state index contributed by atoms with van der Waals surface area (Å²) in [6.45, 7) is 0.888. The molecule has 1 rings (SSSR count). The standard InChI is InChI=1S/C7H11NO2.H2O/c9-4-6-2-1-3-8-7(6)5-10;/h6,8-9H,1-4H2;1H2. The number of aliphatic hydroxyl groups excluding tert-OH is 1. The van der Waals surface area contributed by atoms with Crippen molar-refractivity contribution >= 4 is 5.94 Å². The lowest BCUT2D eigenvalue weighted by Gasteiger charge is -2.21. The Morgan fingerprint density at radius 1 is 1.73 bits per heavy atom. The summed E-state index contributed by atoms with van der Waals surface area (Å²) in [5, 5.41) is 11.7. The van der Waals surface area contributed by atoms with Crippen LogP contribution in [0.25, 0.3) is 0 Å². The van der Waals surface area contributed by atoms with E-state index in [1.807, 2.05) is 0 Å². The summed E-state index contributed by atoms with van der Waals surface area (Å²) in [6.07, 6.45) is 1.92. The molecule has 0 radical (unpaired) electrons. The molecule has 11 heavy (non-hydrogen) atoms. The molecule has 0 spiro atoms. The lowest BCUT2D eigenvalue weighted by molar-refractivity contribution is 0.223. The average molecular weight is 159 g/mol. The molecule has 1 heterocycles. The molecule has 0 amide bonds. The fourth-order valence-corrected chi connectivity index (χ4v) is 1.16. The highest BCUT2D eigenvalue weighted by Gasteiger charge is 2.17. The molecule has 1 fully saturated rings. The Morgan fingerprint density at radius 3 is 2.91 bits per heavy atom. The fourth-order valence-electron chi connectivity index (χ4n) is 1.16. The predicted molar refractivity (Wildman–Crippen MR) is 40.6 cm³/mol. The third-order valence-electron chi connectivity index (χ3n) is 1.78. The third kappa shape index (κ3) is 2.35. The first-order valence-electron chi connectivity index (χ1n) is 3.48. The Morgan fingerprint density at radius 2 is 2.45 bits per heavy atom. The van der Waals surface area contributed by atoms with Gasteiger partial charge in [-0.3, -0.25) is 0 Å². The van der Waals surface area contributed by atoms with E-state index < -0.39 is 0 Å². The van der Waals surface area contributed by atoms with Crippen LogP contribution in [0.4, 0.5) is 0 Å². The van der Waals surface area contributed by atoms with Crippen molar-refractivity contribution in [3.63, 3.8) is 0 Å². The Balaban J connectivity index is 0.000001000. The highest BCUT2D eigenvalue weighted by atomic mass is 16.3. The zero-order valence-corrected chi connectivity index (χ0v) is 6.26. The first-order valence-corrected chi connectivity index (χ1v) is 3.48. The highest BCUT2D eigenvalue weighted by Crippen LogP contribution is 2.15. The minimum Gasteiger partial charge on any atom is -0.412 e. The molecule has 1 unspecified atom stereocenters. The predicted octanol–water partition coefficient (Wildman–Crippen LogP) is -1.13. The second kappa shape index (κ2) is 4.91. The number of hydrogen-bond donors (Lipinski definition) is 2. The van der Waals surface area contributed by atoms with Gasteiger partial charge in [-0.1, -0.05) is 0 Å². The van der Waals surface area contributed by atoms with Crippen molar-refractivity contribution in [3.05, 3.63) is 5.70 Å². The van der Waals surface area contributed by atoms with Crippen LogP contribution in [0.3, 0.4) is 0 Å². The summed E-state index contributed by atoms with van der Waals surface area (Å²) in [7, 11) is 0. The molecule has 1 saturated heterocycles. The molecule has 4 N–H and O–H groups in total. The van der Waals surface area contributed by atoms with Gasteiger partial charge in [-0.2, -0.15) is 0 Å². The van der Waals surface area contributed by atoms with Crippen molar-refractivity contribution in [2.45, 2.75) is 12.8 Å². The lowest BCUT2D eigenvalue weighted by atomic mass is 9.97. The monoisotopic (exact) mass is 159 g/mol. The van der Waals surface area contributed by atoms with Gasteiger partial charge in [-0.05, 0) is 12.8 Å². The van der Waals surface area contributed by atoms with Gasteiger partial charge in [0.05, 0.1) is 6.61 Å². The molecule has 0 bridgehead atoms. The van der Waals surface area contributed by atoms with E-state index in [4.69, 9.17) is 5.11 Å². The van der Waals surface area contributed by atoms with Gasteiger partial charge in [0.15, 0.2) is 0 Å². The maximum atomic E-state index is 10.2. The van der Waals surface area contributed by atoms with Gasteiger partial charge in [0.25, 0.3) is 0 Å².